The molecule has 132 valence electrons. The van der Waals surface area contributed by atoms with Gasteiger partial charge in [0, 0.05) is 16.3 Å². The first kappa shape index (κ1) is 17.7. The number of halogens is 2. The van der Waals surface area contributed by atoms with Crippen LogP contribution < -0.4 is 4.72 Å². The van der Waals surface area contributed by atoms with Gasteiger partial charge >= 0.3 is 0 Å². The summed E-state index contributed by atoms with van der Waals surface area (Å²) in [6, 6.07) is 9.80. The topological polar surface area (TPSA) is 74.8 Å². The van der Waals surface area contributed by atoms with Crippen LogP contribution in [0.5, 0.6) is 0 Å². The summed E-state index contributed by atoms with van der Waals surface area (Å²) in [6.07, 6.45) is 1.72. The predicted octanol–water partition coefficient (Wildman–Crippen LogP) is 4.27. The molecule has 1 atom stereocenters. The third-order valence-electron chi connectivity index (χ3n) is 4.00. The minimum Gasteiger partial charge on any atom is -0.281 e. The molecule has 0 spiro atoms. The molecule has 3 rings (SSSR count). The lowest BCUT2D eigenvalue weighted by Gasteiger charge is -2.15. The number of aromatic nitrogens is 2. The maximum atomic E-state index is 14.4. The van der Waals surface area contributed by atoms with Gasteiger partial charge in [0.05, 0.1) is 17.6 Å². The number of rotatable bonds is 5. The van der Waals surface area contributed by atoms with Crippen LogP contribution in [0.25, 0.3) is 10.9 Å². The summed E-state index contributed by atoms with van der Waals surface area (Å²) in [5, 5.41) is 8.27. The third kappa shape index (κ3) is 3.62. The van der Waals surface area contributed by atoms with Crippen molar-refractivity contribution in [2.24, 2.45) is 0 Å². The summed E-state index contributed by atoms with van der Waals surface area (Å²) in [5.41, 5.74) is 2.12. The second-order valence-corrected chi connectivity index (χ2v) is 8.02. The molecule has 3 aromatic rings. The summed E-state index contributed by atoms with van der Waals surface area (Å²) >= 11 is 5.84. The molecule has 8 heteroatoms. The van der Waals surface area contributed by atoms with Crippen molar-refractivity contribution in [2.75, 3.05) is 11.0 Å². The molecule has 0 saturated heterocycles. The number of anilines is 1. The first-order valence-electron chi connectivity index (χ1n) is 7.70. The number of hydrogen-bond acceptors (Lipinski definition) is 3. The van der Waals surface area contributed by atoms with Crippen molar-refractivity contribution in [3.63, 3.8) is 0 Å². The summed E-state index contributed by atoms with van der Waals surface area (Å²) in [5.74, 6) is -0.636. The van der Waals surface area contributed by atoms with Gasteiger partial charge in [0.2, 0.25) is 10.0 Å². The highest BCUT2D eigenvalue weighted by molar-refractivity contribution is 7.92. The first-order valence-corrected chi connectivity index (χ1v) is 9.97. The van der Waals surface area contributed by atoms with E-state index in [2.05, 4.69) is 14.9 Å². The number of aromatic amines is 1. The second-order valence-electron chi connectivity index (χ2n) is 5.84. The number of sulfonamides is 1. The van der Waals surface area contributed by atoms with Crippen molar-refractivity contribution >= 4 is 38.2 Å². The van der Waals surface area contributed by atoms with E-state index in [1.54, 1.807) is 24.3 Å². The lowest BCUT2D eigenvalue weighted by atomic mass is 9.91. The van der Waals surface area contributed by atoms with E-state index in [0.29, 0.717) is 28.2 Å². The van der Waals surface area contributed by atoms with Crippen LogP contribution in [0, 0.1) is 5.82 Å². The van der Waals surface area contributed by atoms with Crippen LogP contribution in [0.15, 0.2) is 36.4 Å². The number of fused-ring (bicyclic) bond motifs is 1. The SMILES string of the molecule is CCC(c1ccc(Cl)cc1F)c1[nH]nc2c(NS(C)(=O)=O)cccc12. The van der Waals surface area contributed by atoms with Gasteiger partial charge < -0.3 is 0 Å². The van der Waals surface area contributed by atoms with Crippen LogP contribution >= 0.6 is 11.6 Å². The summed E-state index contributed by atoms with van der Waals surface area (Å²) in [7, 11) is -3.43. The van der Waals surface area contributed by atoms with E-state index in [1.165, 1.54) is 6.07 Å². The number of H-pyrrole nitrogens is 1. The average molecular weight is 382 g/mol. The molecule has 0 aliphatic carbocycles. The van der Waals surface area contributed by atoms with Gasteiger partial charge in [0.15, 0.2) is 0 Å². The molecule has 0 saturated carbocycles. The zero-order valence-electron chi connectivity index (χ0n) is 13.7. The Hall–Kier alpha value is -2.12. The van der Waals surface area contributed by atoms with Crippen molar-refractivity contribution in [3.05, 3.63) is 58.5 Å². The molecule has 0 radical (unpaired) electrons. The average Bonchev–Trinajstić information content (AvgIpc) is 2.94. The maximum absolute atomic E-state index is 14.4. The van der Waals surface area contributed by atoms with E-state index in [0.717, 1.165) is 17.3 Å². The van der Waals surface area contributed by atoms with E-state index in [4.69, 9.17) is 11.6 Å². The Kier molecular flexibility index (Phi) is 4.71. The predicted molar refractivity (Wildman–Crippen MR) is 98.1 cm³/mol. The van der Waals surface area contributed by atoms with Crippen LogP contribution in [-0.4, -0.2) is 24.9 Å². The van der Waals surface area contributed by atoms with Crippen LogP contribution in [0.3, 0.4) is 0 Å². The molecule has 5 nitrogen and oxygen atoms in total. The normalized spacial score (nSPS) is 13.1. The van der Waals surface area contributed by atoms with Gasteiger partial charge in [-0.15, -0.1) is 0 Å². The highest BCUT2D eigenvalue weighted by Crippen LogP contribution is 2.35. The van der Waals surface area contributed by atoms with Gasteiger partial charge in [-0.2, -0.15) is 5.10 Å². The molecule has 2 aromatic carbocycles. The molecule has 0 amide bonds. The van der Waals surface area contributed by atoms with Crippen LogP contribution in [0.1, 0.15) is 30.5 Å². The van der Waals surface area contributed by atoms with Gasteiger partial charge in [0.25, 0.3) is 0 Å². The second kappa shape index (κ2) is 6.65. The maximum Gasteiger partial charge on any atom is 0.229 e. The van der Waals surface area contributed by atoms with E-state index in [9.17, 15) is 12.8 Å². The van der Waals surface area contributed by atoms with E-state index in [-0.39, 0.29) is 11.7 Å². The fourth-order valence-electron chi connectivity index (χ4n) is 2.97. The van der Waals surface area contributed by atoms with Crippen LogP contribution in [0.4, 0.5) is 10.1 Å². The Morgan fingerprint density at radius 2 is 2.08 bits per heavy atom. The Labute approximate surface area is 150 Å². The zero-order valence-corrected chi connectivity index (χ0v) is 15.2. The van der Waals surface area contributed by atoms with Gasteiger partial charge in [-0.25, -0.2) is 12.8 Å². The zero-order chi connectivity index (χ0) is 18.2. The molecule has 1 aromatic heterocycles. The minimum atomic E-state index is -3.43. The monoisotopic (exact) mass is 381 g/mol. The molecule has 1 heterocycles. The Bertz CT molecular complexity index is 1030. The molecule has 0 fully saturated rings. The molecule has 0 aliphatic heterocycles. The van der Waals surface area contributed by atoms with Crippen LogP contribution in [-0.2, 0) is 10.0 Å². The fourth-order valence-corrected chi connectivity index (χ4v) is 3.69. The standard InChI is InChI=1S/C17H17ClFN3O2S/c1-3-11(12-8-7-10(18)9-14(12)19)16-13-5-4-6-15(17(13)21-20-16)22-25(2,23)24/h4-9,11,22H,3H2,1-2H3,(H,20,21). The molecule has 2 N–H and O–H groups in total. The Morgan fingerprint density at radius 1 is 1.32 bits per heavy atom. The van der Waals surface area contributed by atoms with Crippen molar-refractivity contribution in [2.45, 2.75) is 19.3 Å². The number of nitrogens with one attached hydrogen (secondary N) is 2. The van der Waals surface area contributed by atoms with Gasteiger partial charge in [-0.3, -0.25) is 9.82 Å². The van der Waals surface area contributed by atoms with E-state index < -0.39 is 10.0 Å². The fraction of sp³-hybridized carbons (Fsp3) is 0.235. The molecular weight excluding hydrogens is 365 g/mol. The van der Waals surface area contributed by atoms with Crippen molar-refractivity contribution in [3.8, 4) is 0 Å². The van der Waals surface area contributed by atoms with Crippen LogP contribution in [0.2, 0.25) is 5.02 Å². The highest BCUT2D eigenvalue weighted by Gasteiger charge is 2.22. The van der Waals surface area contributed by atoms with Crippen molar-refractivity contribution in [1.29, 1.82) is 0 Å². The van der Waals surface area contributed by atoms with E-state index >= 15 is 0 Å². The van der Waals surface area contributed by atoms with Gasteiger partial charge in [0.1, 0.15) is 11.3 Å². The van der Waals surface area contributed by atoms with E-state index in [1.807, 2.05) is 13.0 Å². The number of nitrogens with zero attached hydrogens (tertiary/aromatic N) is 1. The molecular formula is C17H17ClFN3O2S. The lowest BCUT2D eigenvalue weighted by Crippen LogP contribution is -2.09. The number of para-hydroxylation sites is 1. The molecule has 1 unspecified atom stereocenters. The molecule has 0 aliphatic rings. The number of hydrogen-bond donors (Lipinski definition) is 2. The van der Waals surface area contributed by atoms with Crippen molar-refractivity contribution < 1.29 is 12.8 Å². The molecule has 25 heavy (non-hydrogen) atoms. The molecule has 0 bridgehead atoms. The quantitative estimate of drug-likeness (QED) is 0.693. The van der Waals surface area contributed by atoms with Crippen molar-refractivity contribution in [1.82, 2.24) is 10.2 Å². The largest absolute Gasteiger partial charge is 0.281 e. The summed E-state index contributed by atoms with van der Waals surface area (Å²) in [4.78, 5) is 0. The third-order valence-corrected chi connectivity index (χ3v) is 4.83. The first-order chi connectivity index (χ1) is 11.8. The van der Waals surface area contributed by atoms with Gasteiger partial charge in [-0.1, -0.05) is 36.7 Å². The lowest BCUT2D eigenvalue weighted by molar-refractivity contribution is 0.589. The smallest absolute Gasteiger partial charge is 0.229 e. The summed E-state index contributed by atoms with van der Waals surface area (Å²) < 4.78 is 39.9. The Balaban J connectivity index is 2.13. The number of benzene rings is 2. The Morgan fingerprint density at radius 3 is 2.72 bits per heavy atom. The van der Waals surface area contributed by atoms with Gasteiger partial charge in [-0.05, 0) is 30.2 Å². The summed E-state index contributed by atoms with van der Waals surface area (Å²) in [6.45, 7) is 1.95. The highest BCUT2D eigenvalue weighted by atomic mass is 35.5. The minimum absolute atomic E-state index is 0.254.